The molecule has 0 bridgehead atoms. The molecule has 3 nitrogen and oxygen atoms in total. The summed E-state index contributed by atoms with van der Waals surface area (Å²) in [4.78, 5) is 25.6. The number of allylic oxidation sites excluding steroid dienone is 2. The summed E-state index contributed by atoms with van der Waals surface area (Å²) in [5.41, 5.74) is 1.61. The van der Waals surface area contributed by atoms with Gasteiger partial charge in [-0.15, -0.1) is 23.5 Å². The number of furan rings is 1. The molecule has 122 valence electrons. The Hall–Kier alpha value is -1.98. The maximum absolute atomic E-state index is 12.9. The van der Waals surface area contributed by atoms with Crippen molar-refractivity contribution in [3.63, 3.8) is 0 Å². The van der Waals surface area contributed by atoms with E-state index in [9.17, 15) is 9.59 Å². The monoisotopic (exact) mass is 356 g/mol. The van der Waals surface area contributed by atoms with Crippen molar-refractivity contribution in [2.24, 2.45) is 0 Å². The van der Waals surface area contributed by atoms with Gasteiger partial charge in [0.25, 0.3) is 0 Å². The van der Waals surface area contributed by atoms with Crippen LogP contribution in [-0.4, -0.2) is 23.1 Å². The molecule has 5 heteroatoms. The molecule has 1 aliphatic heterocycles. The van der Waals surface area contributed by atoms with Gasteiger partial charge in [-0.25, -0.2) is 0 Å². The van der Waals surface area contributed by atoms with E-state index in [1.165, 1.54) is 6.08 Å². The standard InChI is InChI=1S/C19H16O3S2/c20-16(8-7-14-9-10-22-13-14)17(19-23-11-4-12-24-19)18(21)15-5-2-1-3-6-15/h1-3,5-10,13H,4,11-12H2. The molecule has 3 rings (SSSR count). The van der Waals surface area contributed by atoms with Crippen molar-refractivity contribution < 1.29 is 14.0 Å². The zero-order valence-corrected chi connectivity index (χ0v) is 14.6. The van der Waals surface area contributed by atoms with E-state index in [2.05, 4.69) is 0 Å². The number of thioether (sulfide) groups is 2. The lowest BCUT2D eigenvalue weighted by atomic mass is 10.0. The topological polar surface area (TPSA) is 47.3 Å². The molecule has 1 aromatic heterocycles. The third-order valence-electron chi connectivity index (χ3n) is 3.44. The van der Waals surface area contributed by atoms with Crippen molar-refractivity contribution in [3.05, 3.63) is 75.9 Å². The Balaban J connectivity index is 1.93. The summed E-state index contributed by atoms with van der Waals surface area (Å²) in [5, 5.41) is 0. The quantitative estimate of drug-likeness (QED) is 0.332. The minimum absolute atomic E-state index is 0.214. The van der Waals surface area contributed by atoms with Gasteiger partial charge in [-0.05, 0) is 36.1 Å². The van der Waals surface area contributed by atoms with Crippen molar-refractivity contribution in [2.45, 2.75) is 6.42 Å². The average Bonchev–Trinajstić information content (AvgIpc) is 3.15. The largest absolute Gasteiger partial charge is 0.472 e. The van der Waals surface area contributed by atoms with Gasteiger partial charge in [-0.2, -0.15) is 0 Å². The Labute approximate surface area is 149 Å². The first kappa shape index (κ1) is 16.9. The van der Waals surface area contributed by atoms with Crippen LogP contribution in [0.15, 0.2) is 69.2 Å². The van der Waals surface area contributed by atoms with Crippen molar-refractivity contribution in [1.29, 1.82) is 0 Å². The Morgan fingerprint density at radius 2 is 1.79 bits per heavy atom. The van der Waals surface area contributed by atoms with Gasteiger partial charge in [0, 0.05) is 11.1 Å². The van der Waals surface area contributed by atoms with Gasteiger partial charge in [0.05, 0.1) is 22.3 Å². The lowest BCUT2D eigenvalue weighted by Crippen LogP contribution is -2.14. The van der Waals surface area contributed by atoms with Crippen LogP contribution < -0.4 is 0 Å². The number of carbonyl (C=O) groups excluding carboxylic acids is 2. The van der Waals surface area contributed by atoms with Crippen LogP contribution in [0.3, 0.4) is 0 Å². The number of hydrogen-bond donors (Lipinski definition) is 0. The van der Waals surface area contributed by atoms with E-state index in [1.807, 2.05) is 18.2 Å². The van der Waals surface area contributed by atoms with E-state index >= 15 is 0 Å². The number of rotatable bonds is 5. The normalized spacial score (nSPS) is 14.8. The molecule has 2 aromatic rings. The first-order valence-electron chi connectivity index (χ1n) is 7.60. The highest BCUT2D eigenvalue weighted by Crippen LogP contribution is 2.38. The molecule has 0 N–H and O–H groups in total. The molecule has 0 amide bonds. The van der Waals surface area contributed by atoms with Crippen molar-refractivity contribution >= 4 is 41.2 Å². The predicted molar refractivity (Wildman–Crippen MR) is 100 cm³/mol. The molecule has 0 spiro atoms. The van der Waals surface area contributed by atoms with Gasteiger partial charge in [0.2, 0.25) is 0 Å². The molecule has 2 heterocycles. The molecule has 1 aromatic carbocycles. The van der Waals surface area contributed by atoms with Crippen molar-refractivity contribution in [2.75, 3.05) is 11.5 Å². The molecule has 24 heavy (non-hydrogen) atoms. The van der Waals surface area contributed by atoms with Crippen LogP contribution in [0.4, 0.5) is 0 Å². The van der Waals surface area contributed by atoms with Crippen LogP contribution in [-0.2, 0) is 4.79 Å². The van der Waals surface area contributed by atoms with Gasteiger partial charge in [0.1, 0.15) is 0 Å². The van der Waals surface area contributed by atoms with E-state index in [-0.39, 0.29) is 17.1 Å². The van der Waals surface area contributed by atoms with E-state index in [0.717, 1.165) is 27.7 Å². The summed E-state index contributed by atoms with van der Waals surface area (Å²) in [5.74, 6) is 1.40. The number of benzene rings is 1. The van der Waals surface area contributed by atoms with Crippen LogP contribution >= 0.6 is 23.5 Å². The van der Waals surface area contributed by atoms with Gasteiger partial charge in [-0.1, -0.05) is 30.3 Å². The number of Topliss-reactive ketones (excluding diaryl/α,β-unsaturated/α-hetero) is 1. The summed E-state index contributed by atoms with van der Waals surface area (Å²) in [6, 6.07) is 10.7. The highest BCUT2D eigenvalue weighted by molar-refractivity contribution is 8.22. The van der Waals surface area contributed by atoms with E-state index in [4.69, 9.17) is 4.42 Å². The van der Waals surface area contributed by atoms with Gasteiger partial charge >= 0.3 is 0 Å². The maximum Gasteiger partial charge on any atom is 0.198 e. The molecular formula is C19H16O3S2. The van der Waals surface area contributed by atoms with Crippen LogP contribution in [0.1, 0.15) is 22.3 Å². The fraction of sp³-hybridized carbons (Fsp3) is 0.158. The van der Waals surface area contributed by atoms with Crippen LogP contribution in [0, 0.1) is 0 Å². The lowest BCUT2D eigenvalue weighted by molar-refractivity contribution is -0.111. The first-order valence-corrected chi connectivity index (χ1v) is 9.57. The minimum atomic E-state index is -0.262. The van der Waals surface area contributed by atoms with Gasteiger partial charge < -0.3 is 4.42 Å². The zero-order valence-electron chi connectivity index (χ0n) is 12.9. The first-order chi connectivity index (χ1) is 11.8. The number of ketones is 2. The van der Waals surface area contributed by atoms with Gasteiger partial charge in [-0.3, -0.25) is 9.59 Å². The third kappa shape index (κ3) is 4.10. The fourth-order valence-corrected chi connectivity index (χ4v) is 4.88. The fourth-order valence-electron chi connectivity index (χ4n) is 2.24. The zero-order chi connectivity index (χ0) is 16.8. The molecule has 1 saturated heterocycles. The Kier molecular flexibility index (Phi) is 5.77. The summed E-state index contributed by atoms with van der Waals surface area (Å²) in [7, 11) is 0. The summed E-state index contributed by atoms with van der Waals surface area (Å²) in [6.45, 7) is 0. The second-order valence-electron chi connectivity index (χ2n) is 5.16. The Bertz CT molecular complexity index is 766. The van der Waals surface area contributed by atoms with Crippen molar-refractivity contribution in [1.82, 2.24) is 0 Å². The molecule has 0 aliphatic carbocycles. The SMILES string of the molecule is O=C(C=Cc1ccoc1)C(C(=O)c1ccccc1)=C1SCCCS1. The molecule has 1 fully saturated rings. The number of carbonyl (C=O) groups is 2. The summed E-state index contributed by atoms with van der Waals surface area (Å²) < 4.78 is 5.82. The second-order valence-corrected chi connectivity index (χ2v) is 7.63. The molecule has 0 saturated carbocycles. The van der Waals surface area contributed by atoms with Crippen LogP contribution in [0.2, 0.25) is 0 Å². The Morgan fingerprint density at radius 1 is 1.04 bits per heavy atom. The second kappa shape index (κ2) is 8.22. The average molecular weight is 356 g/mol. The molecule has 0 unspecified atom stereocenters. The smallest absolute Gasteiger partial charge is 0.198 e. The highest BCUT2D eigenvalue weighted by Gasteiger charge is 2.24. The number of hydrogen-bond acceptors (Lipinski definition) is 5. The van der Waals surface area contributed by atoms with E-state index in [0.29, 0.717) is 5.56 Å². The predicted octanol–water partition coefficient (Wildman–Crippen LogP) is 4.83. The van der Waals surface area contributed by atoms with Gasteiger partial charge in [0.15, 0.2) is 11.6 Å². The molecule has 1 aliphatic rings. The van der Waals surface area contributed by atoms with E-state index < -0.39 is 0 Å². The van der Waals surface area contributed by atoms with Crippen LogP contribution in [0.5, 0.6) is 0 Å². The highest BCUT2D eigenvalue weighted by atomic mass is 32.2. The molecule has 0 radical (unpaired) electrons. The minimum Gasteiger partial charge on any atom is -0.472 e. The summed E-state index contributed by atoms with van der Waals surface area (Å²) >= 11 is 3.19. The summed E-state index contributed by atoms with van der Waals surface area (Å²) in [6.07, 6.45) is 7.31. The van der Waals surface area contributed by atoms with E-state index in [1.54, 1.807) is 60.3 Å². The molecular weight excluding hydrogens is 340 g/mol. The lowest BCUT2D eigenvalue weighted by Gasteiger charge is -2.16. The van der Waals surface area contributed by atoms with Crippen molar-refractivity contribution in [3.8, 4) is 0 Å². The Morgan fingerprint density at radius 3 is 2.46 bits per heavy atom. The third-order valence-corrected chi connectivity index (χ3v) is 6.06. The maximum atomic E-state index is 12.9. The molecule has 0 atom stereocenters. The van der Waals surface area contributed by atoms with Crippen LogP contribution in [0.25, 0.3) is 6.08 Å².